The number of imidazole rings is 1. The molecule has 0 N–H and O–H groups in total. The van der Waals surface area contributed by atoms with Gasteiger partial charge in [0.05, 0.1) is 41.7 Å². The van der Waals surface area contributed by atoms with E-state index in [2.05, 4.69) is 4.98 Å². The van der Waals surface area contributed by atoms with E-state index in [9.17, 15) is 17.6 Å². The number of aromatic nitrogens is 2. The average Bonchev–Trinajstić information content (AvgIpc) is 3.56. The minimum atomic E-state index is -3.82. The highest BCUT2D eigenvalue weighted by Gasteiger charge is 2.29. The van der Waals surface area contributed by atoms with E-state index in [0.29, 0.717) is 29.3 Å². The average molecular weight is 506 g/mol. The summed E-state index contributed by atoms with van der Waals surface area (Å²) in [6.45, 7) is 5.06. The second-order valence-corrected chi connectivity index (χ2v) is 11.5. The van der Waals surface area contributed by atoms with Crippen LogP contribution in [-0.4, -0.2) is 47.5 Å². The molecule has 3 heterocycles. The first-order valence-corrected chi connectivity index (χ1v) is 13.8. The number of hydrogen-bond donors (Lipinski definition) is 0. The number of carbonyl (C=O) groups excluding carboxylic acids is 1. The smallest absolute Gasteiger partial charge is 0.264 e. The molecule has 1 atom stereocenters. The first kappa shape index (κ1) is 24.6. The van der Waals surface area contributed by atoms with E-state index in [-0.39, 0.29) is 35.5 Å². The Kier molecular flexibility index (Phi) is 7.49. The summed E-state index contributed by atoms with van der Waals surface area (Å²) in [5.74, 6) is -0.824. The van der Waals surface area contributed by atoms with Crippen LogP contribution in [0.15, 0.2) is 53.1 Å². The van der Waals surface area contributed by atoms with Crippen molar-refractivity contribution in [2.24, 2.45) is 0 Å². The molecule has 1 saturated heterocycles. The van der Waals surface area contributed by atoms with Gasteiger partial charge < -0.3 is 14.2 Å². The van der Waals surface area contributed by atoms with E-state index in [1.165, 1.54) is 41.8 Å². The number of nitrogens with zero attached hydrogens (tertiary/aromatic N) is 3. The van der Waals surface area contributed by atoms with Crippen LogP contribution in [0, 0.1) is 5.82 Å². The SMILES string of the molecule is CC(C)N(Cc1cnc(S(=O)(=O)Cc2ccc(F)cc2)n1CC1CCCO1)C(=O)c1cccs1. The number of sulfone groups is 1. The number of thiophene rings is 1. The lowest BCUT2D eigenvalue weighted by atomic mass is 10.2. The molecule has 10 heteroatoms. The summed E-state index contributed by atoms with van der Waals surface area (Å²) >= 11 is 1.37. The molecule has 1 fully saturated rings. The summed E-state index contributed by atoms with van der Waals surface area (Å²) in [6.07, 6.45) is 3.16. The molecule has 2 aromatic heterocycles. The van der Waals surface area contributed by atoms with Crippen LogP contribution in [0.2, 0.25) is 0 Å². The summed E-state index contributed by atoms with van der Waals surface area (Å²) in [4.78, 5) is 19.7. The van der Waals surface area contributed by atoms with Crippen LogP contribution in [0.25, 0.3) is 0 Å². The third kappa shape index (κ3) is 5.56. The Labute approximate surface area is 203 Å². The van der Waals surface area contributed by atoms with Gasteiger partial charge in [-0.3, -0.25) is 4.79 Å². The lowest BCUT2D eigenvalue weighted by molar-refractivity contribution is 0.0683. The highest BCUT2D eigenvalue weighted by Crippen LogP contribution is 2.24. The van der Waals surface area contributed by atoms with Gasteiger partial charge in [0.25, 0.3) is 5.91 Å². The van der Waals surface area contributed by atoms with Crippen LogP contribution in [0.3, 0.4) is 0 Å². The van der Waals surface area contributed by atoms with Crippen LogP contribution >= 0.6 is 11.3 Å². The predicted molar refractivity (Wildman–Crippen MR) is 128 cm³/mol. The molecule has 1 unspecified atom stereocenters. The van der Waals surface area contributed by atoms with E-state index >= 15 is 0 Å². The molecule has 7 nitrogen and oxygen atoms in total. The predicted octanol–water partition coefficient (Wildman–Crippen LogP) is 4.29. The number of hydrogen-bond acceptors (Lipinski definition) is 6. The molecule has 0 saturated carbocycles. The quantitative estimate of drug-likeness (QED) is 0.433. The third-order valence-electron chi connectivity index (χ3n) is 5.81. The van der Waals surface area contributed by atoms with Crippen molar-refractivity contribution in [1.82, 2.24) is 14.5 Å². The fourth-order valence-electron chi connectivity index (χ4n) is 4.02. The molecule has 0 radical (unpaired) electrons. The van der Waals surface area contributed by atoms with Crippen molar-refractivity contribution < 1.29 is 22.3 Å². The second kappa shape index (κ2) is 10.4. The summed E-state index contributed by atoms with van der Waals surface area (Å²) in [7, 11) is -3.82. The highest BCUT2D eigenvalue weighted by atomic mass is 32.2. The number of carbonyl (C=O) groups is 1. The first-order valence-electron chi connectivity index (χ1n) is 11.2. The molecule has 0 bridgehead atoms. The lowest BCUT2D eigenvalue weighted by Crippen LogP contribution is -2.37. The maximum absolute atomic E-state index is 13.3. The second-order valence-electron chi connectivity index (χ2n) is 8.67. The molecule has 1 aliphatic rings. The molecule has 1 amide bonds. The van der Waals surface area contributed by atoms with Gasteiger partial charge in [0, 0.05) is 12.6 Å². The van der Waals surface area contributed by atoms with Gasteiger partial charge in [-0.1, -0.05) is 18.2 Å². The summed E-state index contributed by atoms with van der Waals surface area (Å²) in [6, 6.07) is 8.92. The van der Waals surface area contributed by atoms with Gasteiger partial charge in [-0.05, 0) is 55.8 Å². The van der Waals surface area contributed by atoms with Crippen molar-refractivity contribution in [1.29, 1.82) is 0 Å². The molecule has 1 aliphatic heterocycles. The topological polar surface area (TPSA) is 81.5 Å². The molecule has 1 aromatic carbocycles. The lowest BCUT2D eigenvalue weighted by Gasteiger charge is -2.27. The third-order valence-corrected chi connectivity index (χ3v) is 8.26. The maximum Gasteiger partial charge on any atom is 0.264 e. The Balaban J connectivity index is 1.67. The van der Waals surface area contributed by atoms with Gasteiger partial charge >= 0.3 is 0 Å². The minimum Gasteiger partial charge on any atom is -0.376 e. The first-order chi connectivity index (χ1) is 16.2. The number of ether oxygens (including phenoxy) is 1. The molecular weight excluding hydrogens is 477 g/mol. The number of rotatable bonds is 9. The van der Waals surface area contributed by atoms with Crippen LogP contribution in [0.5, 0.6) is 0 Å². The van der Waals surface area contributed by atoms with E-state index in [4.69, 9.17) is 4.74 Å². The molecule has 0 aliphatic carbocycles. The molecule has 3 aromatic rings. The Morgan fingerprint density at radius 1 is 1.29 bits per heavy atom. The molecule has 4 rings (SSSR count). The minimum absolute atomic E-state index is 0.0606. The summed E-state index contributed by atoms with van der Waals surface area (Å²) in [5.41, 5.74) is 1.11. The Morgan fingerprint density at radius 3 is 2.68 bits per heavy atom. The van der Waals surface area contributed by atoms with Crippen LogP contribution in [0.1, 0.15) is 47.6 Å². The summed E-state index contributed by atoms with van der Waals surface area (Å²) < 4.78 is 47.4. The molecular formula is C24H28FN3O4S2. The van der Waals surface area contributed by atoms with Crippen LogP contribution in [-0.2, 0) is 33.4 Å². The normalized spacial score (nSPS) is 16.3. The van der Waals surface area contributed by atoms with Crippen molar-refractivity contribution in [3.05, 3.63) is 69.9 Å². The zero-order valence-electron chi connectivity index (χ0n) is 19.2. The zero-order chi connectivity index (χ0) is 24.3. The fourth-order valence-corrected chi connectivity index (χ4v) is 6.20. The van der Waals surface area contributed by atoms with Crippen LogP contribution in [0.4, 0.5) is 4.39 Å². The van der Waals surface area contributed by atoms with Gasteiger partial charge in [0.1, 0.15) is 5.82 Å². The largest absolute Gasteiger partial charge is 0.376 e. The Hall–Kier alpha value is -2.56. The number of benzene rings is 1. The fraction of sp³-hybridized carbons (Fsp3) is 0.417. The zero-order valence-corrected chi connectivity index (χ0v) is 20.8. The molecule has 34 heavy (non-hydrogen) atoms. The van der Waals surface area contributed by atoms with E-state index in [1.807, 2.05) is 25.3 Å². The molecule has 182 valence electrons. The monoisotopic (exact) mass is 505 g/mol. The van der Waals surface area contributed by atoms with Gasteiger partial charge in [0.2, 0.25) is 15.0 Å². The van der Waals surface area contributed by atoms with Gasteiger partial charge in [-0.15, -0.1) is 11.3 Å². The summed E-state index contributed by atoms with van der Waals surface area (Å²) in [5, 5.41) is 1.79. The maximum atomic E-state index is 13.3. The van der Waals surface area contributed by atoms with E-state index in [0.717, 1.165) is 12.8 Å². The Bertz CT molecular complexity index is 1220. The number of halogens is 1. The van der Waals surface area contributed by atoms with Gasteiger partial charge in [-0.2, -0.15) is 0 Å². The van der Waals surface area contributed by atoms with E-state index < -0.39 is 15.7 Å². The number of amides is 1. The van der Waals surface area contributed by atoms with Crippen LogP contribution < -0.4 is 0 Å². The van der Waals surface area contributed by atoms with Gasteiger partial charge in [0.15, 0.2) is 0 Å². The highest BCUT2D eigenvalue weighted by molar-refractivity contribution is 7.90. The molecule has 0 spiro atoms. The van der Waals surface area contributed by atoms with Crippen molar-refractivity contribution in [3.63, 3.8) is 0 Å². The van der Waals surface area contributed by atoms with Crippen molar-refractivity contribution >= 4 is 27.1 Å². The van der Waals surface area contributed by atoms with Crippen molar-refractivity contribution in [2.75, 3.05) is 6.61 Å². The standard InChI is InChI=1S/C24H28FN3O4S2/c1-17(2)27(23(29)22-6-4-12-33-22)14-20-13-26-24(28(20)15-21-5-3-11-32-21)34(30,31)16-18-7-9-19(25)10-8-18/h4,6-10,12-13,17,21H,3,5,11,14-16H2,1-2H3. The van der Waals surface area contributed by atoms with Crippen molar-refractivity contribution in [2.45, 2.75) is 62.8 Å². The van der Waals surface area contributed by atoms with Gasteiger partial charge in [-0.25, -0.2) is 17.8 Å². The van der Waals surface area contributed by atoms with E-state index in [1.54, 1.807) is 15.5 Å². The van der Waals surface area contributed by atoms with Crippen molar-refractivity contribution in [3.8, 4) is 0 Å². The Morgan fingerprint density at radius 2 is 2.06 bits per heavy atom.